The average Bonchev–Trinajstić information content (AvgIpc) is 2.26. The Morgan fingerprint density at radius 1 is 1.29 bits per heavy atom. The zero-order chi connectivity index (χ0) is 12.8. The van der Waals surface area contributed by atoms with Crippen LogP contribution in [-0.2, 0) is 0 Å². The quantitative estimate of drug-likeness (QED) is 0.544. The van der Waals surface area contributed by atoms with E-state index in [1.807, 2.05) is 6.92 Å². The molecule has 0 aliphatic rings. The summed E-state index contributed by atoms with van der Waals surface area (Å²) < 4.78 is 31.2. The van der Waals surface area contributed by atoms with Gasteiger partial charge in [-0.25, -0.2) is 8.78 Å². The maximum absolute atomic E-state index is 12.9. The molecular weight excluding hydrogens is 222 g/mol. The van der Waals surface area contributed by atoms with Crippen molar-refractivity contribution < 1.29 is 13.5 Å². The van der Waals surface area contributed by atoms with Crippen molar-refractivity contribution in [3.63, 3.8) is 0 Å². The first-order chi connectivity index (χ1) is 8.05. The van der Waals surface area contributed by atoms with Gasteiger partial charge in [0, 0.05) is 18.2 Å². The lowest BCUT2D eigenvalue weighted by molar-refractivity contribution is 0.434. The molecule has 1 rings (SSSR count). The van der Waals surface area contributed by atoms with E-state index in [0.717, 1.165) is 30.2 Å². The Bertz CT molecular complexity index is 441. The van der Waals surface area contributed by atoms with Crippen molar-refractivity contribution in [2.45, 2.75) is 13.3 Å². The van der Waals surface area contributed by atoms with Crippen molar-refractivity contribution in [1.29, 1.82) is 0 Å². The van der Waals surface area contributed by atoms with Gasteiger partial charge in [-0.3, -0.25) is 0 Å². The van der Waals surface area contributed by atoms with Crippen LogP contribution in [0.4, 0.5) is 8.78 Å². The summed E-state index contributed by atoms with van der Waals surface area (Å²) >= 11 is 0. The molecule has 0 N–H and O–H groups in total. The molecule has 0 aliphatic heterocycles. The van der Waals surface area contributed by atoms with Gasteiger partial charge in [0.15, 0.2) is 0 Å². The van der Waals surface area contributed by atoms with Gasteiger partial charge >= 0.3 is 0 Å². The Labute approximate surface area is 99.7 Å². The number of halogens is 2. The molecule has 90 valence electrons. The fourth-order valence-electron chi connectivity index (χ4n) is 1.16. The van der Waals surface area contributed by atoms with Gasteiger partial charge in [-0.05, 0) is 18.6 Å². The molecule has 0 aromatic heterocycles. The van der Waals surface area contributed by atoms with E-state index in [1.54, 1.807) is 6.08 Å². The minimum Gasteiger partial charge on any atom is -0.457 e. The van der Waals surface area contributed by atoms with E-state index in [0.29, 0.717) is 5.76 Å². The van der Waals surface area contributed by atoms with Gasteiger partial charge in [0.05, 0.1) is 0 Å². The number of hydrogen-bond donors (Lipinski definition) is 0. The molecule has 0 saturated heterocycles. The van der Waals surface area contributed by atoms with Crippen LogP contribution >= 0.6 is 0 Å². The van der Waals surface area contributed by atoms with Crippen molar-refractivity contribution >= 4 is 0 Å². The van der Waals surface area contributed by atoms with Gasteiger partial charge in [-0.2, -0.15) is 0 Å². The minimum atomic E-state index is -0.683. The minimum absolute atomic E-state index is 0.0950. The summed E-state index contributed by atoms with van der Waals surface area (Å²) in [6.07, 6.45) is 3.90. The second-order valence-electron chi connectivity index (χ2n) is 3.47. The van der Waals surface area contributed by atoms with Crippen LogP contribution in [0.5, 0.6) is 5.75 Å². The fraction of sp³-hybridized carbons (Fsp3) is 0.143. The fourth-order valence-corrected chi connectivity index (χ4v) is 1.16. The molecule has 0 heterocycles. The number of rotatable bonds is 5. The smallest absolute Gasteiger partial charge is 0.133 e. The van der Waals surface area contributed by atoms with Crippen LogP contribution < -0.4 is 4.74 Å². The van der Waals surface area contributed by atoms with Crippen molar-refractivity contribution in [2.75, 3.05) is 0 Å². The molecule has 1 aromatic rings. The highest BCUT2D eigenvalue weighted by Gasteiger charge is 2.03. The van der Waals surface area contributed by atoms with Crippen molar-refractivity contribution in [2.24, 2.45) is 0 Å². The lowest BCUT2D eigenvalue weighted by Crippen LogP contribution is -1.94. The van der Waals surface area contributed by atoms with E-state index in [2.05, 4.69) is 13.2 Å². The topological polar surface area (TPSA) is 9.23 Å². The molecule has 0 radical (unpaired) electrons. The third-order valence-corrected chi connectivity index (χ3v) is 2.07. The summed E-state index contributed by atoms with van der Waals surface area (Å²) in [5, 5.41) is 0. The molecule has 0 fully saturated rings. The molecule has 0 bridgehead atoms. The van der Waals surface area contributed by atoms with Gasteiger partial charge in [0.1, 0.15) is 23.1 Å². The molecule has 17 heavy (non-hydrogen) atoms. The SMILES string of the molecule is C=C/C(=C\C(=C)CC)Oc1cc(F)cc(F)c1. The Kier molecular flexibility index (Phi) is 4.64. The largest absolute Gasteiger partial charge is 0.457 e. The number of allylic oxidation sites excluding steroid dienone is 3. The summed E-state index contributed by atoms with van der Waals surface area (Å²) in [6.45, 7) is 9.30. The number of ether oxygens (including phenoxy) is 1. The first kappa shape index (κ1) is 13.2. The molecule has 1 aromatic carbocycles. The highest BCUT2D eigenvalue weighted by Crippen LogP contribution is 2.19. The van der Waals surface area contributed by atoms with Gasteiger partial charge in [-0.1, -0.05) is 25.7 Å². The van der Waals surface area contributed by atoms with Gasteiger partial charge in [0.25, 0.3) is 0 Å². The van der Waals surface area contributed by atoms with E-state index >= 15 is 0 Å². The van der Waals surface area contributed by atoms with Crippen LogP contribution in [0.3, 0.4) is 0 Å². The van der Waals surface area contributed by atoms with Crippen LogP contribution in [0.25, 0.3) is 0 Å². The Morgan fingerprint density at radius 2 is 1.88 bits per heavy atom. The molecule has 0 aliphatic carbocycles. The zero-order valence-electron chi connectivity index (χ0n) is 9.67. The Morgan fingerprint density at radius 3 is 2.35 bits per heavy atom. The normalized spacial score (nSPS) is 11.1. The molecule has 3 heteroatoms. The molecule has 0 amide bonds. The van der Waals surface area contributed by atoms with E-state index < -0.39 is 11.6 Å². The van der Waals surface area contributed by atoms with Crippen LogP contribution in [0.1, 0.15) is 13.3 Å². The molecule has 1 nitrogen and oxygen atoms in total. The lowest BCUT2D eigenvalue weighted by atomic mass is 10.2. The standard InChI is InChI=1S/C14H14F2O/c1-4-10(3)6-13(5-2)17-14-8-11(15)7-12(16)9-14/h5-9H,2-4H2,1H3/b13-6+. The monoisotopic (exact) mass is 236 g/mol. The predicted octanol–water partition coefficient (Wildman–Crippen LogP) is 4.38. The average molecular weight is 236 g/mol. The first-order valence-corrected chi connectivity index (χ1v) is 5.21. The van der Waals surface area contributed by atoms with Crippen molar-refractivity contribution in [3.05, 3.63) is 66.5 Å². The first-order valence-electron chi connectivity index (χ1n) is 5.21. The van der Waals surface area contributed by atoms with Crippen molar-refractivity contribution in [1.82, 2.24) is 0 Å². The van der Waals surface area contributed by atoms with Crippen LogP contribution in [0, 0.1) is 11.6 Å². The van der Waals surface area contributed by atoms with Crippen LogP contribution in [0.15, 0.2) is 54.8 Å². The number of benzene rings is 1. The van der Waals surface area contributed by atoms with E-state index in [1.165, 1.54) is 6.08 Å². The van der Waals surface area contributed by atoms with Gasteiger partial charge < -0.3 is 4.74 Å². The van der Waals surface area contributed by atoms with Crippen LogP contribution in [0.2, 0.25) is 0 Å². The summed E-state index contributed by atoms with van der Waals surface area (Å²) in [5.41, 5.74) is 0.844. The van der Waals surface area contributed by atoms with Gasteiger partial charge in [0.2, 0.25) is 0 Å². The van der Waals surface area contributed by atoms with Crippen LogP contribution in [-0.4, -0.2) is 0 Å². The van der Waals surface area contributed by atoms with E-state index in [4.69, 9.17) is 4.74 Å². The summed E-state index contributed by atoms with van der Waals surface area (Å²) in [6, 6.07) is 3.00. The molecule has 0 unspecified atom stereocenters. The predicted molar refractivity (Wildman–Crippen MR) is 64.7 cm³/mol. The van der Waals surface area contributed by atoms with E-state index in [9.17, 15) is 8.78 Å². The van der Waals surface area contributed by atoms with Crippen molar-refractivity contribution in [3.8, 4) is 5.75 Å². The number of hydrogen-bond acceptors (Lipinski definition) is 1. The summed E-state index contributed by atoms with van der Waals surface area (Å²) in [4.78, 5) is 0. The molecule has 0 saturated carbocycles. The Balaban J connectivity index is 2.91. The highest BCUT2D eigenvalue weighted by atomic mass is 19.1. The second kappa shape index (κ2) is 5.99. The summed E-state index contributed by atoms with van der Waals surface area (Å²) in [5.74, 6) is -0.866. The molecular formula is C14H14F2O. The summed E-state index contributed by atoms with van der Waals surface area (Å²) in [7, 11) is 0. The van der Waals surface area contributed by atoms with E-state index in [-0.39, 0.29) is 5.75 Å². The zero-order valence-corrected chi connectivity index (χ0v) is 9.67. The third-order valence-electron chi connectivity index (χ3n) is 2.07. The van der Waals surface area contributed by atoms with Gasteiger partial charge in [-0.15, -0.1) is 0 Å². The molecule has 0 spiro atoms. The Hall–Kier alpha value is -1.90. The lowest BCUT2D eigenvalue weighted by Gasteiger charge is -2.07. The maximum Gasteiger partial charge on any atom is 0.133 e. The highest BCUT2D eigenvalue weighted by molar-refractivity contribution is 5.30. The maximum atomic E-state index is 12.9. The molecule has 0 atom stereocenters. The third kappa shape index (κ3) is 4.23. The second-order valence-corrected chi connectivity index (χ2v) is 3.47.